The molecule has 18 heavy (non-hydrogen) atoms. The van der Waals surface area contributed by atoms with Crippen LogP contribution in [0.2, 0.25) is 0 Å². The largest absolute Gasteiger partial charge is 0.393 e. The standard InChI is InChI=1S/C13H22N4S/c1-9(2)8-17(6-5-12(14)18)13-15-10(3)7-11(4)16-13/h7,9H,5-6,8H2,1-4H3,(H2,14,18). The van der Waals surface area contributed by atoms with E-state index in [-0.39, 0.29) is 0 Å². The van der Waals surface area contributed by atoms with E-state index >= 15 is 0 Å². The summed E-state index contributed by atoms with van der Waals surface area (Å²) in [6, 6.07) is 1.98. The molecule has 0 aliphatic rings. The van der Waals surface area contributed by atoms with Gasteiger partial charge in [-0.2, -0.15) is 0 Å². The van der Waals surface area contributed by atoms with Crippen molar-refractivity contribution < 1.29 is 0 Å². The summed E-state index contributed by atoms with van der Waals surface area (Å²) in [5.41, 5.74) is 7.55. The van der Waals surface area contributed by atoms with E-state index in [0.29, 0.717) is 17.3 Å². The first-order valence-corrected chi connectivity index (χ1v) is 6.65. The predicted molar refractivity (Wildman–Crippen MR) is 80.0 cm³/mol. The van der Waals surface area contributed by atoms with Crippen LogP contribution in [0.5, 0.6) is 0 Å². The number of anilines is 1. The SMILES string of the molecule is Cc1cc(C)nc(N(CCC(N)=S)CC(C)C)n1. The lowest BCUT2D eigenvalue weighted by Crippen LogP contribution is -2.32. The number of hydrogen-bond donors (Lipinski definition) is 1. The van der Waals surface area contributed by atoms with E-state index in [2.05, 4.69) is 28.7 Å². The van der Waals surface area contributed by atoms with Crippen molar-refractivity contribution in [1.82, 2.24) is 9.97 Å². The molecule has 0 bridgehead atoms. The fourth-order valence-electron chi connectivity index (χ4n) is 1.81. The van der Waals surface area contributed by atoms with E-state index in [1.807, 2.05) is 19.9 Å². The Morgan fingerprint density at radius 2 is 1.89 bits per heavy atom. The second-order valence-corrected chi connectivity index (χ2v) is 5.53. The fourth-order valence-corrected chi connectivity index (χ4v) is 1.90. The van der Waals surface area contributed by atoms with Crippen LogP contribution in [0.1, 0.15) is 31.7 Å². The summed E-state index contributed by atoms with van der Waals surface area (Å²) in [6.45, 7) is 10.0. The number of nitrogens with two attached hydrogens (primary N) is 1. The first kappa shape index (κ1) is 14.8. The average molecular weight is 266 g/mol. The Labute approximate surface area is 115 Å². The summed E-state index contributed by atoms with van der Waals surface area (Å²) in [5.74, 6) is 1.32. The summed E-state index contributed by atoms with van der Waals surface area (Å²) in [7, 11) is 0. The predicted octanol–water partition coefficient (Wildman–Crippen LogP) is 2.23. The van der Waals surface area contributed by atoms with E-state index in [0.717, 1.165) is 30.4 Å². The Morgan fingerprint density at radius 1 is 1.33 bits per heavy atom. The molecule has 0 unspecified atom stereocenters. The molecule has 0 spiro atoms. The van der Waals surface area contributed by atoms with Crippen LogP contribution in [0.25, 0.3) is 0 Å². The highest BCUT2D eigenvalue weighted by atomic mass is 32.1. The molecule has 0 aromatic carbocycles. The zero-order chi connectivity index (χ0) is 13.7. The molecule has 100 valence electrons. The van der Waals surface area contributed by atoms with Gasteiger partial charge in [0.15, 0.2) is 0 Å². The van der Waals surface area contributed by atoms with Crippen LogP contribution >= 0.6 is 12.2 Å². The average Bonchev–Trinajstić information content (AvgIpc) is 2.22. The Morgan fingerprint density at radius 3 is 2.33 bits per heavy atom. The van der Waals surface area contributed by atoms with Gasteiger partial charge in [-0.3, -0.25) is 0 Å². The maximum atomic E-state index is 5.57. The first-order valence-electron chi connectivity index (χ1n) is 6.24. The number of rotatable bonds is 6. The molecular formula is C13H22N4S. The highest BCUT2D eigenvalue weighted by molar-refractivity contribution is 7.80. The number of nitrogens with zero attached hydrogens (tertiary/aromatic N) is 3. The summed E-state index contributed by atoms with van der Waals surface area (Å²) >= 11 is 4.94. The van der Waals surface area contributed by atoms with Crippen LogP contribution in [0.3, 0.4) is 0 Å². The minimum Gasteiger partial charge on any atom is -0.393 e. The monoisotopic (exact) mass is 266 g/mol. The van der Waals surface area contributed by atoms with E-state index in [1.165, 1.54) is 0 Å². The van der Waals surface area contributed by atoms with Crippen LogP contribution in [0.15, 0.2) is 6.07 Å². The zero-order valence-corrected chi connectivity index (χ0v) is 12.4. The molecule has 0 amide bonds. The molecule has 0 saturated carbocycles. The third-order valence-electron chi connectivity index (χ3n) is 2.47. The zero-order valence-electron chi connectivity index (χ0n) is 11.6. The molecular weight excluding hydrogens is 244 g/mol. The molecule has 1 rings (SSSR count). The lowest BCUT2D eigenvalue weighted by molar-refractivity contribution is 0.603. The maximum absolute atomic E-state index is 5.57. The highest BCUT2D eigenvalue weighted by Crippen LogP contribution is 2.12. The Bertz CT molecular complexity index is 397. The van der Waals surface area contributed by atoms with Crippen molar-refractivity contribution in [3.05, 3.63) is 17.5 Å². The third kappa shape index (κ3) is 4.96. The van der Waals surface area contributed by atoms with Crippen molar-refractivity contribution in [2.75, 3.05) is 18.0 Å². The molecule has 1 aromatic rings. The van der Waals surface area contributed by atoms with Crippen LogP contribution < -0.4 is 10.6 Å². The highest BCUT2D eigenvalue weighted by Gasteiger charge is 2.12. The molecule has 4 nitrogen and oxygen atoms in total. The van der Waals surface area contributed by atoms with Crippen molar-refractivity contribution in [2.24, 2.45) is 11.7 Å². The summed E-state index contributed by atoms with van der Waals surface area (Å²) in [4.78, 5) is 11.7. The van der Waals surface area contributed by atoms with Crippen molar-refractivity contribution >= 4 is 23.2 Å². The Kier molecular flexibility index (Phi) is 5.47. The minimum absolute atomic E-state index is 0.535. The van der Waals surface area contributed by atoms with E-state index in [4.69, 9.17) is 18.0 Å². The molecule has 0 aliphatic carbocycles. The van der Waals surface area contributed by atoms with E-state index in [1.54, 1.807) is 0 Å². The summed E-state index contributed by atoms with van der Waals surface area (Å²) in [5, 5.41) is 0. The molecule has 0 radical (unpaired) electrons. The maximum Gasteiger partial charge on any atom is 0.225 e. The van der Waals surface area contributed by atoms with Crippen molar-refractivity contribution in [3.63, 3.8) is 0 Å². The summed E-state index contributed by atoms with van der Waals surface area (Å²) < 4.78 is 0. The minimum atomic E-state index is 0.535. The topological polar surface area (TPSA) is 55.0 Å². The van der Waals surface area contributed by atoms with Gasteiger partial charge < -0.3 is 10.6 Å². The molecule has 1 heterocycles. The fraction of sp³-hybridized carbons (Fsp3) is 0.615. The second kappa shape index (κ2) is 6.64. The van der Waals surface area contributed by atoms with Crippen molar-refractivity contribution in [1.29, 1.82) is 0 Å². The van der Waals surface area contributed by atoms with Gasteiger partial charge in [0.05, 0.1) is 4.99 Å². The summed E-state index contributed by atoms with van der Waals surface area (Å²) in [6.07, 6.45) is 0.693. The molecule has 0 atom stereocenters. The van der Waals surface area contributed by atoms with Gasteiger partial charge in [-0.1, -0.05) is 26.1 Å². The van der Waals surface area contributed by atoms with Gasteiger partial charge in [0.1, 0.15) is 0 Å². The van der Waals surface area contributed by atoms with E-state index < -0.39 is 0 Å². The van der Waals surface area contributed by atoms with Crippen LogP contribution in [0, 0.1) is 19.8 Å². The van der Waals surface area contributed by atoms with Gasteiger partial charge in [0.25, 0.3) is 0 Å². The number of aryl methyl sites for hydroxylation is 2. The van der Waals surface area contributed by atoms with Gasteiger partial charge in [-0.15, -0.1) is 0 Å². The van der Waals surface area contributed by atoms with Crippen LogP contribution in [-0.2, 0) is 0 Å². The lowest BCUT2D eigenvalue weighted by atomic mass is 10.2. The molecule has 0 aliphatic heterocycles. The Balaban J connectivity index is 2.89. The number of hydrogen-bond acceptors (Lipinski definition) is 4. The number of aromatic nitrogens is 2. The molecule has 0 saturated heterocycles. The lowest BCUT2D eigenvalue weighted by Gasteiger charge is -2.24. The molecule has 5 heteroatoms. The van der Waals surface area contributed by atoms with E-state index in [9.17, 15) is 0 Å². The molecule has 2 N–H and O–H groups in total. The smallest absolute Gasteiger partial charge is 0.225 e. The molecule has 0 fully saturated rings. The van der Waals surface area contributed by atoms with Crippen molar-refractivity contribution in [3.8, 4) is 0 Å². The second-order valence-electron chi connectivity index (χ2n) is 5.01. The van der Waals surface area contributed by atoms with Gasteiger partial charge in [0, 0.05) is 30.9 Å². The Hall–Kier alpha value is -1.23. The van der Waals surface area contributed by atoms with Gasteiger partial charge in [-0.05, 0) is 25.8 Å². The van der Waals surface area contributed by atoms with Gasteiger partial charge in [0.2, 0.25) is 5.95 Å². The normalized spacial score (nSPS) is 10.7. The third-order valence-corrected chi connectivity index (χ3v) is 2.67. The first-order chi connectivity index (χ1) is 8.38. The number of thiocarbonyl (C=S) groups is 1. The van der Waals surface area contributed by atoms with Crippen LogP contribution in [-0.4, -0.2) is 28.0 Å². The van der Waals surface area contributed by atoms with Gasteiger partial charge in [-0.25, -0.2) is 9.97 Å². The van der Waals surface area contributed by atoms with Gasteiger partial charge >= 0.3 is 0 Å². The molecule has 1 aromatic heterocycles. The quantitative estimate of drug-likeness (QED) is 0.800. The van der Waals surface area contributed by atoms with Crippen LogP contribution in [0.4, 0.5) is 5.95 Å². The van der Waals surface area contributed by atoms with Crippen molar-refractivity contribution in [2.45, 2.75) is 34.1 Å².